The van der Waals surface area contributed by atoms with Gasteiger partial charge in [0.2, 0.25) is 0 Å². The van der Waals surface area contributed by atoms with Crippen LogP contribution in [-0.4, -0.2) is 22.1 Å². The summed E-state index contributed by atoms with van der Waals surface area (Å²) in [6.07, 6.45) is 0.398. The molecule has 3 aromatic carbocycles. The van der Waals surface area contributed by atoms with E-state index in [1.54, 1.807) is 54.1 Å². The number of nitrogens with zero attached hydrogens (tertiary/aromatic N) is 1. The van der Waals surface area contributed by atoms with Gasteiger partial charge in [-0.05, 0) is 65.7 Å². The number of pyridine rings is 1. The van der Waals surface area contributed by atoms with Gasteiger partial charge in [0.25, 0.3) is 5.56 Å². The minimum absolute atomic E-state index is 0.0104. The van der Waals surface area contributed by atoms with Gasteiger partial charge in [0, 0.05) is 46.6 Å². The Morgan fingerprint density at radius 3 is 2.50 bits per heavy atom. The Morgan fingerprint density at radius 2 is 1.75 bits per heavy atom. The van der Waals surface area contributed by atoms with E-state index in [0.29, 0.717) is 22.6 Å². The highest BCUT2D eigenvalue weighted by molar-refractivity contribution is 6.30. The lowest BCUT2D eigenvalue weighted by Gasteiger charge is -2.12. The first-order valence-electron chi connectivity index (χ1n) is 10.1. The van der Waals surface area contributed by atoms with E-state index in [1.165, 1.54) is 0 Å². The van der Waals surface area contributed by atoms with Crippen LogP contribution in [0.3, 0.4) is 0 Å². The molecule has 1 aromatic heterocycles. The molecule has 0 saturated heterocycles. The molecule has 1 N–H and O–H groups in total. The van der Waals surface area contributed by atoms with Gasteiger partial charge in [0.15, 0.2) is 5.78 Å². The molecule has 0 amide bonds. The van der Waals surface area contributed by atoms with Crippen LogP contribution in [0, 0.1) is 11.8 Å². The van der Waals surface area contributed by atoms with Gasteiger partial charge in [0.1, 0.15) is 0 Å². The van der Waals surface area contributed by atoms with E-state index in [9.17, 15) is 9.59 Å². The Labute approximate surface area is 190 Å². The summed E-state index contributed by atoms with van der Waals surface area (Å²) in [5.41, 5.74) is 4.02. The molecule has 0 radical (unpaired) electrons. The third-order valence-corrected chi connectivity index (χ3v) is 5.51. The lowest BCUT2D eigenvalue weighted by Crippen LogP contribution is -2.16. The van der Waals surface area contributed by atoms with E-state index in [4.69, 9.17) is 16.7 Å². The maximum atomic E-state index is 13.1. The molecule has 5 heteroatoms. The Kier molecular flexibility index (Phi) is 6.23. The second kappa shape index (κ2) is 9.23. The van der Waals surface area contributed by atoms with E-state index in [2.05, 4.69) is 11.8 Å². The highest BCUT2D eigenvalue weighted by Crippen LogP contribution is 2.29. The largest absolute Gasteiger partial charge is 0.395 e. The summed E-state index contributed by atoms with van der Waals surface area (Å²) in [5, 5.41) is 10.3. The molecule has 4 nitrogen and oxygen atoms in total. The minimum Gasteiger partial charge on any atom is -0.395 e. The molecule has 0 aliphatic rings. The van der Waals surface area contributed by atoms with Crippen LogP contribution in [0.15, 0.2) is 77.6 Å². The molecular formula is C27H20ClNO3. The first kappa shape index (κ1) is 21.6. The highest BCUT2D eigenvalue weighted by atomic mass is 35.5. The quantitative estimate of drug-likeness (QED) is 0.364. The number of hydrogen-bond acceptors (Lipinski definition) is 3. The molecule has 0 bridgehead atoms. The zero-order valence-electron chi connectivity index (χ0n) is 17.4. The Hall–Kier alpha value is -3.65. The molecule has 0 fully saturated rings. The average Bonchev–Trinajstić information content (AvgIpc) is 2.81. The normalized spacial score (nSPS) is 10.6. The van der Waals surface area contributed by atoms with Crippen molar-refractivity contribution < 1.29 is 9.90 Å². The van der Waals surface area contributed by atoms with Crippen LogP contribution in [0.5, 0.6) is 0 Å². The molecule has 0 saturated carbocycles. The second-order valence-electron chi connectivity index (χ2n) is 7.38. The van der Waals surface area contributed by atoms with Gasteiger partial charge >= 0.3 is 0 Å². The number of aliphatic hydroxyl groups is 1. The fourth-order valence-electron chi connectivity index (χ4n) is 3.59. The smallest absolute Gasteiger partial charge is 0.251 e. The molecule has 0 atom stereocenters. The van der Waals surface area contributed by atoms with Crippen LogP contribution < -0.4 is 5.56 Å². The summed E-state index contributed by atoms with van der Waals surface area (Å²) in [6, 6.07) is 21.3. The number of aryl methyl sites for hydroxylation is 1. The van der Waals surface area contributed by atoms with Crippen molar-refractivity contribution in [3.8, 4) is 23.0 Å². The zero-order chi connectivity index (χ0) is 22.7. The minimum atomic E-state index is -0.138. The first-order chi connectivity index (χ1) is 15.5. The Bertz CT molecular complexity index is 1440. The number of aliphatic hydroxyl groups excluding tert-OH is 1. The molecule has 0 aliphatic carbocycles. The van der Waals surface area contributed by atoms with Crippen molar-refractivity contribution in [1.29, 1.82) is 0 Å². The summed E-state index contributed by atoms with van der Waals surface area (Å²) < 4.78 is 1.57. The summed E-state index contributed by atoms with van der Waals surface area (Å²) >= 11 is 5.95. The monoisotopic (exact) mass is 441 g/mol. The van der Waals surface area contributed by atoms with Gasteiger partial charge in [0.05, 0.1) is 12.1 Å². The molecular weight excluding hydrogens is 422 g/mol. The number of hydrogen-bond donors (Lipinski definition) is 1. The Morgan fingerprint density at radius 1 is 1.00 bits per heavy atom. The number of halogens is 1. The predicted molar refractivity (Wildman–Crippen MR) is 128 cm³/mol. The lowest BCUT2D eigenvalue weighted by molar-refractivity contribution is 0.103. The van der Waals surface area contributed by atoms with Gasteiger partial charge in [-0.15, -0.1) is 0 Å². The molecule has 0 unspecified atom stereocenters. The van der Waals surface area contributed by atoms with Gasteiger partial charge < -0.3 is 9.67 Å². The molecule has 4 aromatic rings. The van der Waals surface area contributed by atoms with Crippen molar-refractivity contribution in [1.82, 2.24) is 4.57 Å². The van der Waals surface area contributed by atoms with E-state index in [0.717, 1.165) is 27.6 Å². The summed E-state index contributed by atoms with van der Waals surface area (Å²) in [7, 11) is 1.71. The summed E-state index contributed by atoms with van der Waals surface area (Å²) in [5.74, 6) is 5.82. The Balaban J connectivity index is 1.87. The summed E-state index contributed by atoms with van der Waals surface area (Å²) in [6.45, 7) is 0.0104. The highest BCUT2D eigenvalue weighted by Gasteiger charge is 2.14. The number of carbonyl (C=O) groups excluding carboxylic acids is 1. The maximum absolute atomic E-state index is 13.1. The van der Waals surface area contributed by atoms with Crippen molar-refractivity contribution in [3.63, 3.8) is 0 Å². The number of ketones is 1. The number of benzene rings is 3. The van der Waals surface area contributed by atoms with Crippen molar-refractivity contribution in [2.24, 2.45) is 7.05 Å². The lowest BCUT2D eigenvalue weighted by atomic mass is 9.96. The van der Waals surface area contributed by atoms with Crippen molar-refractivity contribution in [3.05, 3.63) is 105 Å². The maximum Gasteiger partial charge on any atom is 0.251 e. The molecule has 0 aliphatic heterocycles. The van der Waals surface area contributed by atoms with E-state index < -0.39 is 0 Å². The first-order valence-corrected chi connectivity index (χ1v) is 10.5. The SMILES string of the molecule is Cn1c(=O)cc(-c2cccc(C#CCCO)c2)c2cc(C(=O)c3ccc(Cl)cc3)ccc21. The zero-order valence-corrected chi connectivity index (χ0v) is 18.2. The van der Waals surface area contributed by atoms with E-state index in [-0.39, 0.29) is 17.9 Å². The number of fused-ring (bicyclic) bond motifs is 1. The van der Waals surface area contributed by atoms with E-state index in [1.807, 2.05) is 30.3 Å². The molecule has 0 spiro atoms. The van der Waals surface area contributed by atoms with Gasteiger partial charge in [-0.25, -0.2) is 0 Å². The summed E-state index contributed by atoms with van der Waals surface area (Å²) in [4.78, 5) is 25.7. The van der Waals surface area contributed by atoms with Crippen LogP contribution in [0.25, 0.3) is 22.0 Å². The van der Waals surface area contributed by atoms with Gasteiger partial charge in [-0.1, -0.05) is 35.6 Å². The van der Waals surface area contributed by atoms with Gasteiger partial charge in [-0.3, -0.25) is 9.59 Å². The third-order valence-electron chi connectivity index (χ3n) is 5.26. The fraction of sp³-hybridized carbons (Fsp3) is 0.111. The molecule has 4 rings (SSSR count). The topological polar surface area (TPSA) is 59.3 Å². The fourth-order valence-corrected chi connectivity index (χ4v) is 3.72. The van der Waals surface area contributed by atoms with Crippen LogP contribution >= 0.6 is 11.6 Å². The van der Waals surface area contributed by atoms with Crippen molar-refractivity contribution >= 4 is 28.3 Å². The second-order valence-corrected chi connectivity index (χ2v) is 7.82. The average molecular weight is 442 g/mol. The molecule has 32 heavy (non-hydrogen) atoms. The van der Waals surface area contributed by atoms with Crippen LogP contribution in [0.1, 0.15) is 27.9 Å². The number of rotatable bonds is 4. The molecule has 158 valence electrons. The van der Waals surface area contributed by atoms with Gasteiger partial charge in [-0.2, -0.15) is 0 Å². The number of aromatic nitrogens is 1. The van der Waals surface area contributed by atoms with Crippen molar-refractivity contribution in [2.75, 3.05) is 6.61 Å². The molecule has 1 heterocycles. The van der Waals surface area contributed by atoms with Crippen molar-refractivity contribution in [2.45, 2.75) is 6.42 Å². The van der Waals surface area contributed by atoms with Crippen LogP contribution in [0.2, 0.25) is 5.02 Å². The predicted octanol–water partition coefficient (Wildman–Crippen LogP) is 4.82. The van der Waals surface area contributed by atoms with Crippen LogP contribution in [-0.2, 0) is 7.05 Å². The number of carbonyl (C=O) groups is 1. The van der Waals surface area contributed by atoms with Crippen LogP contribution in [0.4, 0.5) is 0 Å². The standard InChI is InChI=1S/C27H20ClNO3/c1-29-25-13-10-21(27(32)19-8-11-22(28)12-9-19)16-24(25)23(17-26(29)31)20-7-4-6-18(15-20)5-2-3-14-30/h4,6-13,15-17,30H,3,14H2,1H3. The van der Waals surface area contributed by atoms with E-state index >= 15 is 0 Å². The third kappa shape index (κ3) is 4.36.